The van der Waals surface area contributed by atoms with Gasteiger partial charge in [-0.1, -0.05) is 6.07 Å². The van der Waals surface area contributed by atoms with E-state index in [2.05, 4.69) is 31.1 Å². The van der Waals surface area contributed by atoms with Gasteiger partial charge in [-0.15, -0.1) is 10.2 Å². The van der Waals surface area contributed by atoms with Crippen LogP contribution < -0.4 is 25.4 Å². The Kier molecular flexibility index (Phi) is 5.37. The second-order valence-corrected chi connectivity index (χ2v) is 6.34. The molecule has 0 unspecified atom stereocenters. The summed E-state index contributed by atoms with van der Waals surface area (Å²) in [4.78, 5) is 16.6. The Bertz CT molecular complexity index is 1010. The van der Waals surface area contributed by atoms with E-state index >= 15 is 0 Å². The van der Waals surface area contributed by atoms with Gasteiger partial charge in [0, 0.05) is 24.3 Å². The molecule has 3 N–H and O–H groups in total. The fourth-order valence-electron chi connectivity index (χ4n) is 2.74. The van der Waals surface area contributed by atoms with Gasteiger partial charge >= 0.3 is 0 Å². The van der Waals surface area contributed by atoms with E-state index in [1.165, 1.54) is 0 Å². The summed E-state index contributed by atoms with van der Waals surface area (Å²) in [6, 6.07) is 14.4. The van der Waals surface area contributed by atoms with Crippen molar-refractivity contribution in [1.29, 1.82) is 0 Å². The summed E-state index contributed by atoms with van der Waals surface area (Å²) in [5.74, 6) is 2.99. The number of ether oxygens (including phenoxy) is 2. The van der Waals surface area contributed by atoms with Crippen molar-refractivity contribution in [3.8, 4) is 11.5 Å². The van der Waals surface area contributed by atoms with Crippen LogP contribution in [0.4, 0.5) is 17.5 Å². The predicted octanol–water partition coefficient (Wildman–Crippen LogP) is 2.49. The fraction of sp³-hybridized carbons (Fsp3) is 0.200. The molecule has 1 aliphatic heterocycles. The highest BCUT2D eigenvalue weighted by Gasteiger charge is 2.15. The van der Waals surface area contributed by atoms with Crippen molar-refractivity contribution in [3.05, 3.63) is 59.8 Å². The number of aryl methyl sites for hydroxylation is 1. The van der Waals surface area contributed by atoms with Crippen LogP contribution in [0.5, 0.6) is 11.5 Å². The number of carbonyl (C=O) groups is 1. The number of anilines is 3. The fourth-order valence-corrected chi connectivity index (χ4v) is 2.74. The molecule has 9 heteroatoms. The Hall–Kier alpha value is -3.88. The van der Waals surface area contributed by atoms with Crippen LogP contribution in [-0.4, -0.2) is 41.0 Å². The molecule has 1 aliphatic rings. The van der Waals surface area contributed by atoms with Crippen molar-refractivity contribution < 1.29 is 14.3 Å². The van der Waals surface area contributed by atoms with Crippen molar-refractivity contribution in [2.24, 2.45) is 0 Å². The van der Waals surface area contributed by atoms with Gasteiger partial charge in [0.25, 0.3) is 5.91 Å². The topological polar surface area (TPSA) is 110 Å². The lowest BCUT2D eigenvalue weighted by atomic mass is 10.2. The third-order valence-electron chi connectivity index (χ3n) is 4.16. The van der Waals surface area contributed by atoms with Gasteiger partial charge < -0.3 is 25.4 Å². The minimum absolute atomic E-state index is 0.179. The highest BCUT2D eigenvalue weighted by atomic mass is 16.7. The van der Waals surface area contributed by atoms with E-state index in [0.717, 1.165) is 5.69 Å². The van der Waals surface area contributed by atoms with E-state index in [-0.39, 0.29) is 12.7 Å². The molecule has 0 atom stereocenters. The highest BCUT2D eigenvalue weighted by molar-refractivity contribution is 5.94. The first kappa shape index (κ1) is 18.5. The molecule has 3 heterocycles. The number of hydrogen-bond acceptors (Lipinski definition) is 8. The molecular weight excluding hydrogens is 372 g/mol. The van der Waals surface area contributed by atoms with Crippen molar-refractivity contribution in [2.45, 2.75) is 6.92 Å². The number of nitrogens with zero attached hydrogens (tertiary/aromatic N) is 3. The summed E-state index contributed by atoms with van der Waals surface area (Å²) in [5.41, 5.74) is 1.44. The van der Waals surface area contributed by atoms with Crippen LogP contribution in [0.25, 0.3) is 0 Å². The quantitative estimate of drug-likeness (QED) is 0.526. The number of aromatic nitrogens is 3. The maximum Gasteiger partial charge on any atom is 0.251 e. The van der Waals surface area contributed by atoms with Gasteiger partial charge in [-0.25, -0.2) is 4.98 Å². The van der Waals surface area contributed by atoms with E-state index in [9.17, 15) is 4.79 Å². The standard InChI is InChI=1S/C20H20N6O3/c1-13-3-2-4-18(23-13)24-19-8-7-17(25-26-19)21-9-10-22-20(27)14-5-6-15-16(11-14)29-12-28-15/h2-8,11H,9-10,12H2,1H3,(H,21,25)(H,22,27)(H,23,24,26). The van der Waals surface area contributed by atoms with Crippen molar-refractivity contribution in [1.82, 2.24) is 20.5 Å². The Morgan fingerprint density at radius 1 is 0.966 bits per heavy atom. The van der Waals surface area contributed by atoms with Crippen LogP contribution in [0.3, 0.4) is 0 Å². The number of carbonyl (C=O) groups excluding carboxylic acids is 1. The first-order chi connectivity index (χ1) is 14.2. The van der Waals surface area contributed by atoms with E-state index in [1.807, 2.05) is 37.3 Å². The number of nitrogens with one attached hydrogen (secondary N) is 3. The van der Waals surface area contributed by atoms with Crippen molar-refractivity contribution >= 4 is 23.4 Å². The second-order valence-electron chi connectivity index (χ2n) is 6.34. The summed E-state index contributed by atoms with van der Waals surface area (Å²) in [6.07, 6.45) is 0. The van der Waals surface area contributed by atoms with Crippen LogP contribution in [0.15, 0.2) is 48.5 Å². The lowest BCUT2D eigenvalue weighted by Gasteiger charge is -2.09. The number of hydrogen-bond donors (Lipinski definition) is 3. The number of pyridine rings is 1. The molecule has 29 heavy (non-hydrogen) atoms. The zero-order valence-corrected chi connectivity index (χ0v) is 15.8. The first-order valence-corrected chi connectivity index (χ1v) is 9.13. The molecule has 0 bridgehead atoms. The highest BCUT2D eigenvalue weighted by Crippen LogP contribution is 2.32. The van der Waals surface area contributed by atoms with E-state index < -0.39 is 0 Å². The molecule has 0 saturated carbocycles. The molecule has 0 saturated heterocycles. The van der Waals surface area contributed by atoms with Gasteiger partial charge in [0.1, 0.15) is 11.6 Å². The van der Waals surface area contributed by atoms with Gasteiger partial charge in [-0.3, -0.25) is 4.79 Å². The molecule has 4 rings (SSSR count). The lowest BCUT2D eigenvalue weighted by Crippen LogP contribution is -2.28. The zero-order valence-electron chi connectivity index (χ0n) is 15.8. The van der Waals surface area contributed by atoms with Crippen LogP contribution in [0.1, 0.15) is 16.1 Å². The third kappa shape index (κ3) is 4.70. The smallest absolute Gasteiger partial charge is 0.251 e. The van der Waals surface area contributed by atoms with Crippen molar-refractivity contribution in [2.75, 3.05) is 30.5 Å². The number of amides is 1. The van der Waals surface area contributed by atoms with Crippen LogP contribution in [-0.2, 0) is 0 Å². The van der Waals surface area contributed by atoms with Gasteiger partial charge in [0.05, 0.1) is 0 Å². The maximum absolute atomic E-state index is 12.2. The summed E-state index contributed by atoms with van der Waals surface area (Å²) >= 11 is 0. The summed E-state index contributed by atoms with van der Waals surface area (Å²) < 4.78 is 10.5. The van der Waals surface area contributed by atoms with Crippen LogP contribution >= 0.6 is 0 Å². The molecule has 0 radical (unpaired) electrons. The number of rotatable bonds is 7. The molecule has 9 nitrogen and oxygen atoms in total. The van der Waals surface area contributed by atoms with Gasteiger partial charge in [0.2, 0.25) is 6.79 Å². The van der Waals surface area contributed by atoms with Gasteiger partial charge in [0.15, 0.2) is 17.3 Å². The van der Waals surface area contributed by atoms with Crippen LogP contribution in [0.2, 0.25) is 0 Å². The van der Waals surface area contributed by atoms with E-state index in [0.29, 0.717) is 47.6 Å². The molecule has 0 fully saturated rings. The Morgan fingerprint density at radius 3 is 2.62 bits per heavy atom. The molecule has 1 aromatic carbocycles. The molecule has 3 aromatic rings. The van der Waals surface area contributed by atoms with Crippen molar-refractivity contribution in [3.63, 3.8) is 0 Å². The Labute approximate surface area is 167 Å². The predicted molar refractivity (Wildman–Crippen MR) is 108 cm³/mol. The minimum Gasteiger partial charge on any atom is -0.454 e. The molecular formula is C20H20N6O3. The average molecular weight is 392 g/mol. The lowest BCUT2D eigenvalue weighted by molar-refractivity contribution is 0.0954. The molecule has 1 amide bonds. The van der Waals surface area contributed by atoms with Gasteiger partial charge in [-0.05, 0) is 49.4 Å². The number of fused-ring (bicyclic) bond motifs is 1. The molecule has 2 aromatic heterocycles. The maximum atomic E-state index is 12.2. The SMILES string of the molecule is Cc1cccc(Nc2ccc(NCCNC(=O)c3ccc4c(c3)OCO4)nn2)n1. The summed E-state index contributed by atoms with van der Waals surface area (Å²) in [7, 11) is 0. The molecule has 0 aliphatic carbocycles. The summed E-state index contributed by atoms with van der Waals surface area (Å²) in [5, 5.41) is 17.3. The largest absolute Gasteiger partial charge is 0.454 e. The summed E-state index contributed by atoms with van der Waals surface area (Å²) in [6.45, 7) is 3.05. The van der Waals surface area contributed by atoms with E-state index in [4.69, 9.17) is 9.47 Å². The zero-order chi connectivity index (χ0) is 20.1. The first-order valence-electron chi connectivity index (χ1n) is 9.13. The monoisotopic (exact) mass is 392 g/mol. The van der Waals surface area contributed by atoms with E-state index in [1.54, 1.807) is 18.2 Å². The minimum atomic E-state index is -0.179. The number of benzene rings is 1. The Balaban J connectivity index is 1.23. The Morgan fingerprint density at radius 2 is 1.79 bits per heavy atom. The van der Waals surface area contributed by atoms with Crippen LogP contribution in [0, 0.1) is 6.92 Å². The molecule has 0 spiro atoms. The second kappa shape index (κ2) is 8.42. The third-order valence-corrected chi connectivity index (χ3v) is 4.16. The normalized spacial score (nSPS) is 11.8. The molecule has 148 valence electrons. The average Bonchev–Trinajstić information content (AvgIpc) is 3.20. The van der Waals surface area contributed by atoms with Gasteiger partial charge in [-0.2, -0.15) is 0 Å².